The minimum atomic E-state index is -4.62. The Bertz CT molecular complexity index is 1120. The van der Waals surface area contributed by atoms with Crippen molar-refractivity contribution in [1.82, 2.24) is 19.7 Å². The standard InChI is InChI=1S/C16H15F3N6O2S/c1-9-3-4-10(22-13-6-5-12(23-24-13)16(17,18)19)14(15(9)28(20,26)27)11-7-25(2)8-21-11/h3-8H,1-2H3,(H,22,24)(H2,20,26,27). The van der Waals surface area contributed by atoms with Crippen molar-refractivity contribution >= 4 is 21.5 Å². The molecule has 3 N–H and O–H groups in total. The van der Waals surface area contributed by atoms with E-state index in [-0.39, 0.29) is 22.0 Å². The van der Waals surface area contributed by atoms with Crippen molar-refractivity contribution in [3.05, 3.63) is 48.0 Å². The second kappa shape index (κ2) is 6.87. The third-order valence-corrected chi connectivity index (χ3v) is 4.91. The molecule has 0 aliphatic carbocycles. The molecule has 0 amide bonds. The number of aryl methyl sites for hydroxylation is 2. The Labute approximate surface area is 158 Å². The van der Waals surface area contributed by atoms with Crippen molar-refractivity contribution < 1.29 is 21.6 Å². The molecule has 1 aromatic carbocycles. The fraction of sp³-hybridized carbons (Fsp3) is 0.188. The summed E-state index contributed by atoms with van der Waals surface area (Å²) in [4.78, 5) is 4.03. The number of nitrogens with zero attached hydrogens (tertiary/aromatic N) is 4. The predicted molar refractivity (Wildman–Crippen MR) is 95.1 cm³/mol. The van der Waals surface area contributed by atoms with Gasteiger partial charge in [0.15, 0.2) is 11.5 Å². The Balaban J connectivity index is 2.13. The maximum Gasteiger partial charge on any atom is 0.435 e. The number of alkyl halides is 3. The lowest BCUT2D eigenvalue weighted by molar-refractivity contribution is -0.141. The second-order valence-electron chi connectivity index (χ2n) is 6.03. The summed E-state index contributed by atoms with van der Waals surface area (Å²) in [7, 11) is -2.41. The summed E-state index contributed by atoms with van der Waals surface area (Å²) in [6.45, 7) is 1.58. The molecule has 2 aromatic heterocycles. The Morgan fingerprint density at radius 1 is 1.14 bits per heavy atom. The molecule has 0 unspecified atom stereocenters. The van der Waals surface area contributed by atoms with Gasteiger partial charge in [-0.2, -0.15) is 13.2 Å². The maximum atomic E-state index is 12.6. The van der Waals surface area contributed by atoms with E-state index in [2.05, 4.69) is 20.5 Å². The number of nitrogens with one attached hydrogen (secondary N) is 1. The van der Waals surface area contributed by atoms with E-state index in [0.717, 1.165) is 12.1 Å². The smallest absolute Gasteiger partial charge is 0.340 e. The first-order valence-corrected chi connectivity index (χ1v) is 9.34. The van der Waals surface area contributed by atoms with Crippen molar-refractivity contribution in [2.24, 2.45) is 12.2 Å². The number of nitrogens with two attached hydrogens (primary N) is 1. The number of sulfonamides is 1. The van der Waals surface area contributed by atoms with Crippen molar-refractivity contribution in [1.29, 1.82) is 0 Å². The van der Waals surface area contributed by atoms with Gasteiger partial charge in [0.05, 0.1) is 22.6 Å². The molecule has 28 heavy (non-hydrogen) atoms. The molecule has 12 heteroatoms. The van der Waals surface area contributed by atoms with E-state index in [4.69, 9.17) is 5.14 Å². The molecular formula is C16H15F3N6O2S. The van der Waals surface area contributed by atoms with Gasteiger partial charge in [-0.15, -0.1) is 10.2 Å². The van der Waals surface area contributed by atoms with E-state index in [9.17, 15) is 21.6 Å². The van der Waals surface area contributed by atoms with E-state index in [1.54, 1.807) is 30.8 Å². The highest BCUT2D eigenvalue weighted by atomic mass is 32.2. The topological polar surface area (TPSA) is 116 Å². The van der Waals surface area contributed by atoms with Crippen molar-refractivity contribution in [2.45, 2.75) is 18.0 Å². The van der Waals surface area contributed by atoms with Gasteiger partial charge in [-0.25, -0.2) is 18.5 Å². The molecule has 0 aliphatic rings. The number of aromatic nitrogens is 4. The van der Waals surface area contributed by atoms with Gasteiger partial charge in [0.2, 0.25) is 10.0 Å². The Kier molecular flexibility index (Phi) is 4.85. The first-order valence-electron chi connectivity index (χ1n) is 7.79. The summed E-state index contributed by atoms with van der Waals surface area (Å²) in [6, 6.07) is 4.94. The molecule has 148 valence electrons. The largest absolute Gasteiger partial charge is 0.435 e. The average Bonchev–Trinajstić information content (AvgIpc) is 3.01. The van der Waals surface area contributed by atoms with Crippen LogP contribution in [-0.4, -0.2) is 28.2 Å². The van der Waals surface area contributed by atoms with Crippen LogP contribution in [0.2, 0.25) is 0 Å². The first-order chi connectivity index (χ1) is 13.0. The highest BCUT2D eigenvalue weighted by Gasteiger charge is 2.33. The zero-order valence-corrected chi connectivity index (χ0v) is 15.5. The van der Waals surface area contributed by atoms with Crippen molar-refractivity contribution in [3.63, 3.8) is 0 Å². The van der Waals surface area contributed by atoms with Crippen LogP contribution >= 0.6 is 0 Å². The number of hydrogen-bond donors (Lipinski definition) is 2. The van der Waals surface area contributed by atoms with Crippen LogP contribution in [0.3, 0.4) is 0 Å². The van der Waals surface area contributed by atoms with Crippen molar-refractivity contribution in [2.75, 3.05) is 5.32 Å². The number of imidazole rings is 1. The fourth-order valence-electron chi connectivity index (χ4n) is 2.64. The van der Waals surface area contributed by atoms with E-state index in [1.807, 2.05) is 0 Å². The van der Waals surface area contributed by atoms with Crippen LogP contribution < -0.4 is 10.5 Å². The molecule has 3 aromatic rings. The molecule has 2 heterocycles. The zero-order valence-electron chi connectivity index (χ0n) is 14.7. The summed E-state index contributed by atoms with van der Waals surface area (Å²) < 4.78 is 63.9. The van der Waals surface area contributed by atoms with Crippen LogP contribution in [0.1, 0.15) is 11.3 Å². The van der Waals surface area contributed by atoms with Crippen molar-refractivity contribution in [3.8, 4) is 11.3 Å². The molecule has 0 atom stereocenters. The number of halogens is 3. The molecule has 0 fully saturated rings. The normalized spacial score (nSPS) is 12.2. The average molecular weight is 412 g/mol. The monoisotopic (exact) mass is 412 g/mol. The van der Waals surface area contributed by atoms with E-state index in [0.29, 0.717) is 11.3 Å². The van der Waals surface area contributed by atoms with Crippen LogP contribution in [0.5, 0.6) is 0 Å². The number of hydrogen-bond acceptors (Lipinski definition) is 6. The Hall–Kier alpha value is -2.99. The van der Waals surface area contributed by atoms with Gasteiger partial charge in [0.1, 0.15) is 0 Å². The van der Waals surface area contributed by atoms with Gasteiger partial charge in [0.25, 0.3) is 0 Å². The van der Waals surface area contributed by atoms with Crippen LogP contribution in [0.25, 0.3) is 11.3 Å². The minimum absolute atomic E-state index is 0.00518. The number of anilines is 2. The molecule has 0 radical (unpaired) electrons. The summed E-state index contributed by atoms with van der Waals surface area (Å²) in [5, 5.41) is 14.8. The lowest BCUT2D eigenvalue weighted by atomic mass is 10.1. The summed E-state index contributed by atoms with van der Waals surface area (Å²) in [5.74, 6) is -0.00518. The third-order valence-electron chi connectivity index (χ3n) is 3.82. The van der Waals surface area contributed by atoms with Crippen LogP contribution in [0.15, 0.2) is 41.7 Å². The van der Waals surface area contributed by atoms with Gasteiger partial charge in [0, 0.05) is 18.8 Å². The zero-order chi connectivity index (χ0) is 20.7. The Morgan fingerprint density at radius 3 is 2.36 bits per heavy atom. The SMILES string of the molecule is Cc1ccc(Nc2ccc(C(F)(F)F)nn2)c(-c2cn(C)cn2)c1S(N)(=O)=O. The maximum absolute atomic E-state index is 12.6. The molecule has 0 bridgehead atoms. The second-order valence-corrected chi connectivity index (χ2v) is 7.53. The molecule has 8 nitrogen and oxygen atoms in total. The summed E-state index contributed by atoms with van der Waals surface area (Å²) in [5.41, 5.74) is 0.00844. The quantitative estimate of drug-likeness (QED) is 0.681. The molecule has 0 saturated heterocycles. The number of benzene rings is 1. The van der Waals surface area contributed by atoms with Gasteiger partial charge in [-0.05, 0) is 30.7 Å². The minimum Gasteiger partial charge on any atom is -0.340 e. The van der Waals surface area contributed by atoms with Gasteiger partial charge in [-0.3, -0.25) is 0 Å². The van der Waals surface area contributed by atoms with Gasteiger partial charge < -0.3 is 9.88 Å². The number of rotatable bonds is 4. The van der Waals surface area contributed by atoms with Gasteiger partial charge >= 0.3 is 6.18 Å². The lowest BCUT2D eigenvalue weighted by Gasteiger charge is -2.16. The molecular weight excluding hydrogens is 397 g/mol. The van der Waals surface area contributed by atoms with E-state index >= 15 is 0 Å². The van der Waals surface area contributed by atoms with E-state index in [1.165, 1.54) is 12.4 Å². The lowest BCUT2D eigenvalue weighted by Crippen LogP contribution is -2.16. The van der Waals surface area contributed by atoms with Crippen LogP contribution in [0.4, 0.5) is 24.7 Å². The van der Waals surface area contributed by atoms with Crippen LogP contribution in [0, 0.1) is 6.92 Å². The first kappa shape index (κ1) is 19.8. The highest BCUT2D eigenvalue weighted by molar-refractivity contribution is 7.89. The fourth-order valence-corrected chi connectivity index (χ4v) is 3.66. The molecule has 0 aliphatic heterocycles. The van der Waals surface area contributed by atoms with Gasteiger partial charge in [-0.1, -0.05) is 6.07 Å². The summed E-state index contributed by atoms with van der Waals surface area (Å²) >= 11 is 0. The van der Waals surface area contributed by atoms with E-state index < -0.39 is 21.9 Å². The molecule has 0 saturated carbocycles. The number of primary sulfonamides is 1. The molecule has 3 rings (SSSR count). The predicted octanol–water partition coefficient (Wildman–Crippen LogP) is 2.60. The third kappa shape index (κ3) is 3.97. The highest BCUT2D eigenvalue weighted by Crippen LogP contribution is 2.36. The summed E-state index contributed by atoms with van der Waals surface area (Å²) in [6.07, 6.45) is -1.55. The van der Waals surface area contributed by atoms with Crippen LogP contribution in [-0.2, 0) is 23.2 Å². The Morgan fingerprint density at radius 2 is 1.86 bits per heavy atom. The molecule has 0 spiro atoms.